The second-order valence-electron chi connectivity index (χ2n) is 7.67. The molecule has 3 rings (SSSR count). The zero-order valence-electron chi connectivity index (χ0n) is 15.3. The first kappa shape index (κ1) is 18.1. The smallest absolute Gasteiger partial charge is 0.233 e. The molecule has 1 amide bonds. The Bertz CT molecular complexity index is 606. The van der Waals surface area contributed by atoms with Crippen LogP contribution in [0.5, 0.6) is 5.88 Å². The Labute approximate surface area is 149 Å². The highest BCUT2D eigenvalue weighted by Crippen LogP contribution is 2.48. The van der Waals surface area contributed by atoms with E-state index in [2.05, 4.69) is 4.98 Å². The maximum Gasteiger partial charge on any atom is 0.233 e. The minimum Gasteiger partial charge on any atom is -0.475 e. The first-order valence-electron chi connectivity index (χ1n) is 9.04. The van der Waals surface area contributed by atoms with Gasteiger partial charge in [0.25, 0.3) is 0 Å². The van der Waals surface area contributed by atoms with E-state index in [0.29, 0.717) is 44.7 Å². The lowest BCUT2D eigenvalue weighted by molar-refractivity contribution is -0.133. The van der Waals surface area contributed by atoms with Crippen LogP contribution in [0.15, 0.2) is 18.3 Å². The van der Waals surface area contributed by atoms with Gasteiger partial charge in [0.1, 0.15) is 0 Å². The molecule has 0 aromatic carbocycles. The van der Waals surface area contributed by atoms with Crippen molar-refractivity contribution in [1.29, 1.82) is 0 Å². The van der Waals surface area contributed by atoms with E-state index in [1.165, 1.54) is 0 Å². The summed E-state index contributed by atoms with van der Waals surface area (Å²) in [6, 6.07) is 3.71. The molecule has 1 aliphatic heterocycles. The molecule has 0 bridgehead atoms. The maximum atomic E-state index is 13.1. The molecule has 1 aromatic heterocycles. The predicted molar refractivity (Wildman–Crippen MR) is 94.7 cm³/mol. The van der Waals surface area contributed by atoms with E-state index < -0.39 is 5.60 Å². The molecule has 2 aliphatic rings. The molecule has 6 nitrogen and oxygen atoms in total. The van der Waals surface area contributed by atoms with Crippen LogP contribution in [0.4, 0.5) is 5.69 Å². The van der Waals surface area contributed by atoms with Crippen molar-refractivity contribution in [2.24, 2.45) is 5.41 Å². The number of carbonyl (C=O) groups is 1. The van der Waals surface area contributed by atoms with Crippen molar-refractivity contribution >= 4 is 11.6 Å². The molecule has 2 fully saturated rings. The number of carbonyl (C=O) groups excluding carboxylic acids is 1. The number of methoxy groups -OCH3 is 1. The fourth-order valence-corrected chi connectivity index (χ4v) is 3.98. The zero-order valence-corrected chi connectivity index (χ0v) is 15.3. The number of ether oxygens (including phenoxy) is 2. The molecule has 1 saturated carbocycles. The fourth-order valence-electron chi connectivity index (χ4n) is 3.98. The average Bonchev–Trinajstić information content (AvgIpc) is 2.88. The van der Waals surface area contributed by atoms with E-state index >= 15 is 0 Å². The highest BCUT2D eigenvalue weighted by molar-refractivity contribution is 5.99. The van der Waals surface area contributed by atoms with Gasteiger partial charge in [0, 0.05) is 19.7 Å². The molecule has 0 radical (unpaired) electrons. The highest BCUT2D eigenvalue weighted by Gasteiger charge is 2.51. The van der Waals surface area contributed by atoms with Gasteiger partial charge in [-0.3, -0.25) is 4.79 Å². The van der Waals surface area contributed by atoms with Crippen molar-refractivity contribution in [3.63, 3.8) is 0 Å². The van der Waals surface area contributed by atoms with Crippen LogP contribution in [0.1, 0.15) is 46.0 Å². The average molecular weight is 348 g/mol. The standard InChI is InChI=1S/C19H28N2O4/c1-14(2)25-16-5-4-15(12-20-16)21-11-10-18(17(21)22)6-8-19(23,9-7-18)13-24-3/h4-5,12,14,23H,6-11,13H2,1-3H3/t18-,19+. The number of amides is 1. The molecule has 1 saturated heterocycles. The summed E-state index contributed by atoms with van der Waals surface area (Å²) in [6.07, 6.45) is 5.26. The monoisotopic (exact) mass is 348 g/mol. The number of aliphatic hydroxyl groups is 1. The third kappa shape index (κ3) is 3.65. The van der Waals surface area contributed by atoms with Crippen LogP contribution in [0, 0.1) is 5.41 Å². The van der Waals surface area contributed by atoms with Crippen LogP contribution in [-0.2, 0) is 9.53 Å². The molecule has 138 valence electrons. The molecular formula is C19H28N2O4. The van der Waals surface area contributed by atoms with Crippen LogP contribution < -0.4 is 9.64 Å². The molecular weight excluding hydrogens is 320 g/mol. The SMILES string of the molecule is COC[C@]1(O)CC[C@]2(CCN(c3ccc(OC(C)C)nc3)C2=O)CC1. The molecule has 1 aromatic rings. The number of aromatic nitrogens is 1. The van der Waals surface area contributed by atoms with Crippen LogP contribution in [0.25, 0.3) is 0 Å². The first-order chi connectivity index (χ1) is 11.9. The quantitative estimate of drug-likeness (QED) is 0.885. The summed E-state index contributed by atoms with van der Waals surface area (Å²) in [5.41, 5.74) is -0.311. The van der Waals surface area contributed by atoms with E-state index in [1.807, 2.05) is 30.9 Å². The summed E-state index contributed by atoms with van der Waals surface area (Å²) in [7, 11) is 1.60. The van der Waals surface area contributed by atoms with Crippen molar-refractivity contribution in [3.05, 3.63) is 18.3 Å². The number of rotatable bonds is 5. The minimum absolute atomic E-state index is 0.0723. The van der Waals surface area contributed by atoms with E-state index in [9.17, 15) is 9.90 Å². The summed E-state index contributed by atoms with van der Waals surface area (Å²) in [6.45, 7) is 4.95. The third-order valence-corrected chi connectivity index (χ3v) is 5.45. The van der Waals surface area contributed by atoms with Gasteiger partial charge < -0.3 is 19.5 Å². The van der Waals surface area contributed by atoms with Gasteiger partial charge in [-0.15, -0.1) is 0 Å². The summed E-state index contributed by atoms with van der Waals surface area (Å²) in [4.78, 5) is 19.2. The van der Waals surface area contributed by atoms with Crippen molar-refractivity contribution in [2.75, 3.05) is 25.2 Å². The van der Waals surface area contributed by atoms with Gasteiger partial charge in [0.15, 0.2) is 0 Å². The maximum absolute atomic E-state index is 13.1. The Morgan fingerprint density at radius 2 is 1.96 bits per heavy atom. The second kappa shape index (κ2) is 6.92. The largest absolute Gasteiger partial charge is 0.475 e. The van der Waals surface area contributed by atoms with Crippen molar-refractivity contribution in [3.8, 4) is 5.88 Å². The van der Waals surface area contributed by atoms with Crippen LogP contribution >= 0.6 is 0 Å². The number of pyridine rings is 1. The number of hydrogen-bond acceptors (Lipinski definition) is 5. The summed E-state index contributed by atoms with van der Waals surface area (Å²) in [5.74, 6) is 0.730. The zero-order chi connectivity index (χ0) is 18.1. The topological polar surface area (TPSA) is 71.9 Å². The van der Waals surface area contributed by atoms with Crippen LogP contribution in [-0.4, -0.2) is 48.0 Å². The number of nitrogens with zero attached hydrogens (tertiary/aromatic N) is 2. The summed E-state index contributed by atoms with van der Waals surface area (Å²) >= 11 is 0. The van der Waals surface area contributed by atoms with Gasteiger partial charge in [-0.25, -0.2) is 4.98 Å². The lowest BCUT2D eigenvalue weighted by Crippen LogP contribution is -2.45. The fraction of sp³-hybridized carbons (Fsp3) is 0.684. The molecule has 0 atom stereocenters. The Hall–Kier alpha value is -1.66. The van der Waals surface area contributed by atoms with E-state index in [-0.39, 0.29) is 17.4 Å². The lowest BCUT2D eigenvalue weighted by Gasteiger charge is -2.40. The van der Waals surface area contributed by atoms with Gasteiger partial charge in [-0.05, 0) is 52.0 Å². The van der Waals surface area contributed by atoms with Gasteiger partial charge in [0.05, 0.1) is 35.6 Å². The molecule has 25 heavy (non-hydrogen) atoms. The molecule has 1 spiro atoms. The second-order valence-corrected chi connectivity index (χ2v) is 7.67. The number of anilines is 1. The van der Waals surface area contributed by atoms with E-state index in [1.54, 1.807) is 13.3 Å². The minimum atomic E-state index is -0.787. The molecule has 0 unspecified atom stereocenters. The van der Waals surface area contributed by atoms with Gasteiger partial charge in [0.2, 0.25) is 11.8 Å². The Kier molecular flexibility index (Phi) is 5.02. The predicted octanol–water partition coefficient (Wildman–Crippen LogP) is 2.54. The first-order valence-corrected chi connectivity index (χ1v) is 9.04. The molecule has 1 N–H and O–H groups in total. The third-order valence-electron chi connectivity index (χ3n) is 5.45. The summed E-state index contributed by atoms with van der Waals surface area (Å²) < 4.78 is 10.7. The Morgan fingerprint density at radius 1 is 1.24 bits per heavy atom. The van der Waals surface area contributed by atoms with E-state index in [4.69, 9.17) is 9.47 Å². The van der Waals surface area contributed by atoms with Crippen LogP contribution in [0.2, 0.25) is 0 Å². The number of hydrogen-bond donors (Lipinski definition) is 1. The van der Waals surface area contributed by atoms with E-state index in [0.717, 1.165) is 12.1 Å². The van der Waals surface area contributed by atoms with Crippen LogP contribution in [0.3, 0.4) is 0 Å². The molecule has 1 aliphatic carbocycles. The molecule has 6 heteroatoms. The van der Waals surface area contributed by atoms with Crippen molar-refractivity contribution < 1.29 is 19.4 Å². The molecule has 2 heterocycles. The highest BCUT2D eigenvalue weighted by atomic mass is 16.5. The van der Waals surface area contributed by atoms with Crippen molar-refractivity contribution in [1.82, 2.24) is 4.98 Å². The van der Waals surface area contributed by atoms with Crippen molar-refractivity contribution in [2.45, 2.75) is 57.7 Å². The van der Waals surface area contributed by atoms with Gasteiger partial charge in [-0.1, -0.05) is 0 Å². The van der Waals surface area contributed by atoms with Gasteiger partial charge in [-0.2, -0.15) is 0 Å². The summed E-state index contributed by atoms with van der Waals surface area (Å²) in [5, 5.41) is 10.5. The normalized spacial score (nSPS) is 29.6. The Balaban J connectivity index is 1.68. The Morgan fingerprint density at radius 3 is 2.52 bits per heavy atom. The lowest BCUT2D eigenvalue weighted by atomic mass is 9.68. The van der Waals surface area contributed by atoms with Gasteiger partial charge >= 0.3 is 0 Å².